The number of nitrogens with one attached hydrogen (secondary N) is 1. The molecule has 0 saturated carbocycles. The first-order valence-corrected chi connectivity index (χ1v) is 16.6. The molecule has 3 aromatic carbocycles. The molecule has 10 nitrogen and oxygen atoms in total. The normalized spacial score (nSPS) is 14.0. The van der Waals surface area contributed by atoms with Gasteiger partial charge >= 0.3 is 0 Å². The van der Waals surface area contributed by atoms with Crippen LogP contribution in [0.5, 0.6) is 17.2 Å². The third-order valence-corrected chi connectivity index (χ3v) is 10.0. The van der Waals surface area contributed by atoms with E-state index in [1.165, 1.54) is 4.31 Å². The summed E-state index contributed by atoms with van der Waals surface area (Å²) in [5.74, 6) is 1.52. The molecular weight excluding hydrogens is 594 g/mol. The number of rotatable bonds is 15. The first kappa shape index (κ1) is 33.8. The second-order valence-electron chi connectivity index (χ2n) is 11.0. The number of carbonyl (C=O) groups excluding carboxylic acids is 2. The van der Waals surface area contributed by atoms with Crippen LogP contribution in [0.3, 0.4) is 0 Å². The van der Waals surface area contributed by atoms with Crippen LogP contribution in [-0.4, -0.2) is 76.4 Å². The maximum absolute atomic E-state index is 13.6. The average Bonchev–Trinajstić information content (AvgIpc) is 3.62. The van der Waals surface area contributed by atoms with E-state index in [0.29, 0.717) is 49.7 Å². The molecular formula is C34H43N3O7S. The van der Waals surface area contributed by atoms with Crippen molar-refractivity contribution < 1.29 is 32.2 Å². The van der Waals surface area contributed by atoms with Gasteiger partial charge in [-0.05, 0) is 85.7 Å². The Labute approximate surface area is 266 Å². The standard InChI is InChI=1S/C34H43N3O7S/c1-25(34(39)35-20-19-27-11-17-31(43-3)32(23-27)44-4)37(24-28-7-13-29(42-2)14-8-28)33(38)18-12-26-9-15-30(16-10-26)45(40,41)36-21-5-6-22-36/h7-11,13-17,23,25H,5-6,12,18-22,24H2,1-4H3,(H,35,39)/t25-/m1/s1. The van der Waals surface area contributed by atoms with E-state index in [1.54, 1.807) is 57.4 Å². The van der Waals surface area contributed by atoms with Gasteiger partial charge in [-0.15, -0.1) is 0 Å². The number of hydrogen-bond donors (Lipinski definition) is 1. The van der Waals surface area contributed by atoms with E-state index in [4.69, 9.17) is 14.2 Å². The molecule has 0 radical (unpaired) electrons. The van der Waals surface area contributed by atoms with Crippen molar-refractivity contribution in [2.24, 2.45) is 0 Å². The fourth-order valence-electron chi connectivity index (χ4n) is 5.32. The Morgan fingerprint density at radius 1 is 0.822 bits per heavy atom. The summed E-state index contributed by atoms with van der Waals surface area (Å²) in [7, 11) is 1.25. The summed E-state index contributed by atoms with van der Waals surface area (Å²) in [4.78, 5) is 28.7. The van der Waals surface area contributed by atoms with Crippen molar-refractivity contribution in [1.82, 2.24) is 14.5 Å². The zero-order valence-electron chi connectivity index (χ0n) is 26.5. The maximum Gasteiger partial charge on any atom is 0.243 e. The first-order valence-electron chi connectivity index (χ1n) is 15.2. The van der Waals surface area contributed by atoms with Gasteiger partial charge in [-0.1, -0.05) is 30.3 Å². The molecule has 3 aromatic rings. The monoisotopic (exact) mass is 637 g/mol. The van der Waals surface area contributed by atoms with Gasteiger partial charge in [-0.3, -0.25) is 9.59 Å². The molecule has 1 aliphatic rings. The number of methoxy groups -OCH3 is 3. The van der Waals surface area contributed by atoms with Crippen molar-refractivity contribution in [1.29, 1.82) is 0 Å². The number of aryl methyl sites for hydroxylation is 1. The lowest BCUT2D eigenvalue weighted by Crippen LogP contribution is -2.48. The van der Waals surface area contributed by atoms with E-state index < -0.39 is 16.1 Å². The van der Waals surface area contributed by atoms with Crippen LogP contribution in [0.15, 0.2) is 71.6 Å². The number of ether oxygens (including phenoxy) is 3. The minimum Gasteiger partial charge on any atom is -0.497 e. The number of sulfonamides is 1. The van der Waals surface area contributed by atoms with E-state index in [9.17, 15) is 18.0 Å². The Hall–Kier alpha value is -4.09. The van der Waals surface area contributed by atoms with E-state index in [-0.39, 0.29) is 29.7 Å². The van der Waals surface area contributed by atoms with Crippen LogP contribution in [0, 0.1) is 0 Å². The van der Waals surface area contributed by atoms with Crippen LogP contribution in [-0.2, 0) is 39.0 Å². The van der Waals surface area contributed by atoms with Crippen molar-refractivity contribution in [3.05, 3.63) is 83.4 Å². The minimum atomic E-state index is -3.50. The molecule has 0 aromatic heterocycles. The molecule has 0 spiro atoms. The quantitative estimate of drug-likeness (QED) is 0.266. The molecule has 0 bridgehead atoms. The lowest BCUT2D eigenvalue weighted by molar-refractivity contribution is -0.140. The highest BCUT2D eigenvalue weighted by Crippen LogP contribution is 2.27. The van der Waals surface area contributed by atoms with Gasteiger partial charge in [-0.2, -0.15) is 4.31 Å². The third-order valence-electron chi connectivity index (χ3n) is 8.09. The number of carbonyl (C=O) groups is 2. The van der Waals surface area contributed by atoms with E-state index in [1.807, 2.05) is 42.5 Å². The topological polar surface area (TPSA) is 114 Å². The molecule has 1 aliphatic heterocycles. The molecule has 1 atom stereocenters. The molecule has 242 valence electrons. The Balaban J connectivity index is 1.40. The van der Waals surface area contributed by atoms with Gasteiger partial charge in [0.15, 0.2) is 11.5 Å². The zero-order chi connectivity index (χ0) is 32.4. The summed E-state index contributed by atoms with van der Waals surface area (Å²) in [6.07, 6.45) is 2.91. The molecule has 1 N–H and O–H groups in total. The number of amides is 2. The van der Waals surface area contributed by atoms with Gasteiger partial charge in [0, 0.05) is 32.6 Å². The van der Waals surface area contributed by atoms with Gasteiger partial charge in [-0.25, -0.2) is 8.42 Å². The smallest absolute Gasteiger partial charge is 0.243 e. The summed E-state index contributed by atoms with van der Waals surface area (Å²) in [5, 5.41) is 2.97. The summed E-state index contributed by atoms with van der Waals surface area (Å²) in [5.41, 5.74) is 2.69. The van der Waals surface area contributed by atoms with Crippen molar-refractivity contribution >= 4 is 21.8 Å². The van der Waals surface area contributed by atoms with Crippen molar-refractivity contribution in [2.75, 3.05) is 41.0 Å². The van der Waals surface area contributed by atoms with Crippen LogP contribution < -0.4 is 19.5 Å². The Kier molecular flexibility index (Phi) is 11.8. The summed E-state index contributed by atoms with van der Waals surface area (Å²) < 4.78 is 43.2. The summed E-state index contributed by atoms with van der Waals surface area (Å²) in [6.45, 7) is 3.45. The highest BCUT2D eigenvalue weighted by atomic mass is 32.2. The van der Waals surface area contributed by atoms with Crippen LogP contribution in [0.2, 0.25) is 0 Å². The highest BCUT2D eigenvalue weighted by Gasteiger charge is 2.28. The number of benzene rings is 3. The van der Waals surface area contributed by atoms with Gasteiger partial charge in [0.2, 0.25) is 21.8 Å². The Bertz CT molecular complexity index is 1540. The molecule has 11 heteroatoms. The number of hydrogen-bond acceptors (Lipinski definition) is 7. The summed E-state index contributed by atoms with van der Waals surface area (Å²) >= 11 is 0. The molecule has 0 unspecified atom stereocenters. The predicted octanol–water partition coefficient (Wildman–Crippen LogP) is 4.21. The zero-order valence-corrected chi connectivity index (χ0v) is 27.3. The fraction of sp³-hybridized carbons (Fsp3) is 0.412. The highest BCUT2D eigenvalue weighted by molar-refractivity contribution is 7.89. The molecule has 4 rings (SSSR count). The minimum absolute atomic E-state index is 0.164. The van der Waals surface area contributed by atoms with Crippen LogP contribution in [0.25, 0.3) is 0 Å². The molecule has 1 fully saturated rings. The van der Waals surface area contributed by atoms with Crippen molar-refractivity contribution in [3.8, 4) is 17.2 Å². The molecule has 1 saturated heterocycles. The van der Waals surface area contributed by atoms with Crippen molar-refractivity contribution in [3.63, 3.8) is 0 Å². The Morgan fingerprint density at radius 3 is 2.07 bits per heavy atom. The van der Waals surface area contributed by atoms with Gasteiger partial charge in [0.25, 0.3) is 0 Å². The van der Waals surface area contributed by atoms with Crippen molar-refractivity contribution in [2.45, 2.75) is 56.5 Å². The van der Waals surface area contributed by atoms with E-state index in [0.717, 1.165) is 29.5 Å². The third kappa shape index (κ3) is 8.76. The van der Waals surface area contributed by atoms with Crippen LogP contribution >= 0.6 is 0 Å². The van der Waals surface area contributed by atoms with Gasteiger partial charge < -0.3 is 24.4 Å². The maximum atomic E-state index is 13.6. The van der Waals surface area contributed by atoms with E-state index in [2.05, 4.69) is 5.32 Å². The van der Waals surface area contributed by atoms with Crippen LogP contribution in [0.4, 0.5) is 0 Å². The molecule has 0 aliphatic carbocycles. The predicted molar refractivity (Wildman–Crippen MR) is 172 cm³/mol. The second-order valence-corrected chi connectivity index (χ2v) is 13.0. The van der Waals surface area contributed by atoms with Gasteiger partial charge in [0.05, 0.1) is 26.2 Å². The average molecular weight is 638 g/mol. The Morgan fingerprint density at radius 2 is 1.44 bits per heavy atom. The molecule has 2 amide bonds. The molecule has 1 heterocycles. The largest absolute Gasteiger partial charge is 0.497 e. The first-order chi connectivity index (χ1) is 21.7. The lowest BCUT2D eigenvalue weighted by atomic mass is 10.1. The second kappa shape index (κ2) is 15.8. The summed E-state index contributed by atoms with van der Waals surface area (Å²) in [6, 6.07) is 19.0. The van der Waals surface area contributed by atoms with E-state index >= 15 is 0 Å². The van der Waals surface area contributed by atoms with Crippen LogP contribution in [0.1, 0.15) is 42.9 Å². The lowest BCUT2D eigenvalue weighted by Gasteiger charge is -2.29. The fourth-order valence-corrected chi connectivity index (χ4v) is 6.84. The van der Waals surface area contributed by atoms with Gasteiger partial charge in [0.1, 0.15) is 11.8 Å². The molecule has 45 heavy (non-hydrogen) atoms. The number of nitrogens with zero attached hydrogens (tertiary/aromatic N) is 2. The SMILES string of the molecule is COc1ccc(CN(C(=O)CCc2ccc(S(=O)(=O)N3CCCC3)cc2)[C@H](C)C(=O)NCCc2ccc(OC)c(OC)c2)cc1.